The summed E-state index contributed by atoms with van der Waals surface area (Å²) in [5.74, 6) is 0.415. The summed E-state index contributed by atoms with van der Waals surface area (Å²) in [6.45, 7) is 2.13. The zero-order valence-corrected chi connectivity index (χ0v) is 15.8. The van der Waals surface area contributed by atoms with E-state index in [1.807, 2.05) is 0 Å². The topological polar surface area (TPSA) is 75.7 Å². The molecule has 1 N–H and O–H groups in total. The average molecular weight is 395 g/mol. The van der Waals surface area contributed by atoms with Crippen molar-refractivity contribution in [3.8, 4) is 5.75 Å². The normalized spacial score (nSPS) is 16.9. The van der Waals surface area contributed by atoms with Crippen LogP contribution in [-0.2, 0) is 14.8 Å². The fourth-order valence-electron chi connectivity index (χ4n) is 2.66. The predicted molar refractivity (Wildman–Crippen MR) is 102 cm³/mol. The van der Waals surface area contributed by atoms with Gasteiger partial charge in [0.25, 0.3) is 5.91 Å². The molecular formula is C18H19ClN2O4S. The lowest BCUT2D eigenvalue weighted by molar-refractivity contribution is -0.122. The van der Waals surface area contributed by atoms with Crippen LogP contribution >= 0.6 is 11.6 Å². The summed E-state index contributed by atoms with van der Waals surface area (Å²) >= 11 is 5.82. The van der Waals surface area contributed by atoms with Crippen molar-refractivity contribution < 1.29 is 17.9 Å². The quantitative estimate of drug-likeness (QED) is 0.844. The molecule has 138 valence electrons. The van der Waals surface area contributed by atoms with Crippen molar-refractivity contribution in [2.24, 2.45) is 0 Å². The van der Waals surface area contributed by atoms with Gasteiger partial charge in [-0.05, 0) is 61.9 Å². The molecule has 0 saturated carbocycles. The second kappa shape index (κ2) is 7.55. The van der Waals surface area contributed by atoms with E-state index >= 15 is 0 Å². The molecule has 0 aromatic heterocycles. The molecule has 1 amide bonds. The molecule has 1 aliphatic rings. The van der Waals surface area contributed by atoms with Gasteiger partial charge in [-0.15, -0.1) is 0 Å². The molecule has 8 heteroatoms. The Kier molecular flexibility index (Phi) is 5.38. The molecule has 26 heavy (non-hydrogen) atoms. The highest BCUT2D eigenvalue weighted by atomic mass is 35.5. The van der Waals surface area contributed by atoms with E-state index in [1.165, 1.54) is 4.31 Å². The van der Waals surface area contributed by atoms with Crippen molar-refractivity contribution in [2.45, 2.75) is 19.4 Å². The maximum absolute atomic E-state index is 12.3. The first-order valence-corrected chi connectivity index (χ1v) is 10.2. The lowest BCUT2D eigenvalue weighted by atomic mass is 10.2. The summed E-state index contributed by atoms with van der Waals surface area (Å²) in [5.41, 5.74) is 1.17. The van der Waals surface area contributed by atoms with Crippen LogP contribution in [0.25, 0.3) is 0 Å². The predicted octanol–water partition coefficient (Wildman–Crippen LogP) is 3.29. The Morgan fingerprint density at radius 3 is 2.38 bits per heavy atom. The van der Waals surface area contributed by atoms with Gasteiger partial charge in [0, 0.05) is 17.3 Å². The highest BCUT2D eigenvalue weighted by molar-refractivity contribution is 7.93. The van der Waals surface area contributed by atoms with Crippen molar-refractivity contribution >= 4 is 38.9 Å². The molecule has 0 spiro atoms. The molecule has 2 aromatic rings. The third kappa shape index (κ3) is 4.28. The van der Waals surface area contributed by atoms with E-state index in [-0.39, 0.29) is 11.7 Å². The third-order valence-corrected chi connectivity index (χ3v) is 6.14. The Labute approximate surface area is 157 Å². The fourth-order valence-corrected chi connectivity index (χ4v) is 4.35. The lowest BCUT2D eigenvalue weighted by Gasteiger charge is -2.18. The number of rotatable bonds is 5. The molecule has 6 nitrogen and oxygen atoms in total. The monoisotopic (exact) mass is 394 g/mol. The molecule has 0 aliphatic carbocycles. The number of sulfonamides is 1. The molecule has 1 unspecified atom stereocenters. The summed E-state index contributed by atoms with van der Waals surface area (Å²) in [6.07, 6.45) is -0.0739. The van der Waals surface area contributed by atoms with Crippen LogP contribution in [0.2, 0.25) is 5.02 Å². The van der Waals surface area contributed by atoms with Gasteiger partial charge in [-0.2, -0.15) is 0 Å². The van der Waals surface area contributed by atoms with E-state index < -0.39 is 16.1 Å². The van der Waals surface area contributed by atoms with E-state index in [1.54, 1.807) is 55.5 Å². The molecule has 2 aromatic carbocycles. The fraction of sp³-hybridized carbons (Fsp3) is 0.278. The highest BCUT2D eigenvalue weighted by Gasteiger charge is 2.28. The zero-order chi connectivity index (χ0) is 18.7. The first-order chi connectivity index (χ1) is 12.3. The van der Waals surface area contributed by atoms with E-state index in [2.05, 4.69) is 5.32 Å². The Hall–Kier alpha value is -2.25. The van der Waals surface area contributed by atoms with Crippen LogP contribution in [0, 0.1) is 0 Å². The molecule has 0 radical (unpaired) electrons. The number of nitrogens with one attached hydrogen (secondary N) is 1. The number of carbonyl (C=O) groups excluding carboxylic acids is 1. The van der Waals surface area contributed by atoms with E-state index in [9.17, 15) is 13.2 Å². The summed E-state index contributed by atoms with van der Waals surface area (Å²) in [5, 5.41) is 3.35. The number of hydrogen-bond donors (Lipinski definition) is 1. The summed E-state index contributed by atoms with van der Waals surface area (Å²) in [6, 6.07) is 13.5. The maximum atomic E-state index is 12.3. The first-order valence-electron chi connectivity index (χ1n) is 8.19. The van der Waals surface area contributed by atoms with Gasteiger partial charge in [-0.3, -0.25) is 9.10 Å². The van der Waals surface area contributed by atoms with E-state index in [0.29, 0.717) is 35.1 Å². The number of nitrogens with zero attached hydrogens (tertiary/aromatic N) is 1. The number of amides is 1. The SMILES string of the molecule is CC(Oc1ccc(Cl)cc1)C(=O)Nc1ccc(N2CCCS2(=O)=O)cc1. The van der Waals surface area contributed by atoms with Crippen LogP contribution in [0.15, 0.2) is 48.5 Å². The molecule has 0 bridgehead atoms. The molecule has 1 aliphatic heterocycles. The second-order valence-corrected chi connectivity index (χ2v) is 8.44. The highest BCUT2D eigenvalue weighted by Crippen LogP contribution is 2.25. The van der Waals surface area contributed by atoms with E-state index in [4.69, 9.17) is 16.3 Å². The summed E-state index contributed by atoms with van der Waals surface area (Å²) < 4.78 is 30.9. The Morgan fingerprint density at radius 1 is 1.15 bits per heavy atom. The van der Waals surface area contributed by atoms with Gasteiger partial charge in [0.15, 0.2) is 6.10 Å². The van der Waals surface area contributed by atoms with Gasteiger partial charge in [-0.1, -0.05) is 11.6 Å². The molecule has 1 heterocycles. The molecule has 1 fully saturated rings. The van der Waals surface area contributed by atoms with Crippen molar-refractivity contribution in [1.82, 2.24) is 0 Å². The van der Waals surface area contributed by atoms with Crippen molar-refractivity contribution in [3.05, 3.63) is 53.6 Å². The minimum Gasteiger partial charge on any atom is -0.481 e. The van der Waals surface area contributed by atoms with Gasteiger partial charge < -0.3 is 10.1 Å². The maximum Gasteiger partial charge on any atom is 0.265 e. The number of benzene rings is 2. The van der Waals surface area contributed by atoms with Crippen molar-refractivity contribution in [2.75, 3.05) is 21.9 Å². The summed E-state index contributed by atoms with van der Waals surface area (Å²) in [4.78, 5) is 12.3. The van der Waals surface area contributed by atoms with Crippen LogP contribution in [0.3, 0.4) is 0 Å². The molecular weight excluding hydrogens is 376 g/mol. The zero-order valence-electron chi connectivity index (χ0n) is 14.2. The number of hydrogen-bond acceptors (Lipinski definition) is 4. The van der Waals surface area contributed by atoms with Gasteiger partial charge in [0.05, 0.1) is 11.4 Å². The molecule has 1 saturated heterocycles. The first kappa shape index (κ1) is 18.5. The second-order valence-electron chi connectivity index (χ2n) is 5.99. The minimum atomic E-state index is -3.21. The van der Waals surface area contributed by atoms with Crippen molar-refractivity contribution in [3.63, 3.8) is 0 Å². The van der Waals surface area contributed by atoms with Crippen LogP contribution in [0.5, 0.6) is 5.75 Å². The smallest absolute Gasteiger partial charge is 0.265 e. The van der Waals surface area contributed by atoms with Crippen LogP contribution < -0.4 is 14.4 Å². The largest absolute Gasteiger partial charge is 0.481 e. The Morgan fingerprint density at radius 2 is 1.81 bits per heavy atom. The number of ether oxygens (including phenoxy) is 1. The lowest BCUT2D eigenvalue weighted by Crippen LogP contribution is -2.30. The van der Waals surface area contributed by atoms with Crippen molar-refractivity contribution in [1.29, 1.82) is 0 Å². The van der Waals surface area contributed by atoms with Crippen LogP contribution in [-0.4, -0.2) is 32.7 Å². The van der Waals surface area contributed by atoms with Gasteiger partial charge >= 0.3 is 0 Å². The minimum absolute atomic E-state index is 0.172. The number of carbonyl (C=O) groups is 1. The van der Waals surface area contributed by atoms with Crippen LogP contribution in [0.1, 0.15) is 13.3 Å². The summed E-state index contributed by atoms with van der Waals surface area (Å²) in [7, 11) is -3.21. The van der Waals surface area contributed by atoms with Gasteiger partial charge in [0.1, 0.15) is 5.75 Å². The van der Waals surface area contributed by atoms with Gasteiger partial charge in [-0.25, -0.2) is 8.42 Å². The molecule has 3 rings (SSSR count). The Balaban J connectivity index is 1.61. The number of halogens is 1. The standard InChI is InChI=1S/C18H19ClN2O4S/c1-13(25-17-9-3-14(19)4-10-17)18(22)20-15-5-7-16(8-6-15)21-11-2-12-26(21,23)24/h3-10,13H,2,11-12H2,1H3,(H,20,22). The van der Waals surface area contributed by atoms with E-state index in [0.717, 1.165) is 0 Å². The average Bonchev–Trinajstić information content (AvgIpc) is 2.97. The third-order valence-electron chi connectivity index (χ3n) is 4.02. The number of anilines is 2. The van der Waals surface area contributed by atoms with Gasteiger partial charge in [0.2, 0.25) is 10.0 Å². The van der Waals surface area contributed by atoms with Crippen LogP contribution in [0.4, 0.5) is 11.4 Å². The Bertz CT molecular complexity index is 882. The molecule has 1 atom stereocenters.